The predicted octanol–water partition coefficient (Wildman–Crippen LogP) is 4.39. The lowest BCUT2D eigenvalue weighted by atomic mass is 9.73. The zero-order chi connectivity index (χ0) is 26.8. The molecule has 1 aromatic carbocycles. The van der Waals surface area contributed by atoms with Gasteiger partial charge in [-0.15, -0.1) is 0 Å². The lowest BCUT2D eigenvalue weighted by Gasteiger charge is -2.32. The third-order valence-electron chi connectivity index (χ3n) is 7.87. The van der Waals surface area contributed by atoms with Crippen LogP contribution in [-0.4, -0.2) is 75.3 Å². The maximum absolute atomic E-state index is 12.5. The molecule has 37 heavy (non-hydrogen) atoms. The molecule has 5 atom stereocenters. The normalized spacial score (nSPS) is 23.2. The number of esters is 1. The smallest absolute Gasteiger partial charge is 0.482 e. The molecule has 1 aromatic rings. The molecule has 8 nitrogen and oxygen atoms in total. The second-order valence-corrected chi connectivity index (χ2v) is 10.8. The summed E-state index contributed by atoms with van der Waals surface area (Å²) >= 11 is 0. The molecule has 1 N–H and O–H groups in total. The summed E-state index contributed by atoms with van der Waals surface area (Å²) in [5.41, 5.74) is 2.34. The second-order valence-electron chi connectivity index (χ2n) is 10.8. The van der Waals surface area contributed by atoms with Gasteiger partial charge in [0.25, 0.3) is 0 Å². The number of carbonyl (C=O) groups excluding carboxylic acids is 2. The number of carbonyl (C=O) groups is 2. The van der Waals surface area contributed by atoms with Gasteiger partial charge < -0.3 is 29.0 Å². The predicted molar refractivity (Wildman–Crippen MR) is 141 cm³/mol. The quantitative estimate of drug-likeness (QED) is 0.286. The highest BCUT2D eigenvalue weighted by atomic mass is 16.7. The number of ether oxygens (including phenoxy) is 4. The Labute approximate surface area is 221 Å². The lowest BCUT2D eigenvalue weighted by Crippen LogP contribution is -2.30. The number of fused-ring (bicyclic) bond motifs is 2. The lowest BCUT2D eigenvalue weighted by molar-refractivity contribution is -0.142. The highest BCUT2D eigenvalue weighted by molar-refractivity contribution is 5.71. The minimum absolute atomic E-state index is 0.121. The molecule has 3 rings (SSSR count). The molecule has 0 bridgehead atoms. The van der Waals surface area contributed by atoms with Gasteiger partial charge in [-0.3, -0.25) is 0 Å². The van der Waals surface area contributed by atoms with Gasteiger partial charge in [0.2, 0.25) is 0 Å². The van der Waals surface area contributed by atoms with Crippen LogP contribution in [0.25, 0.3) is 0 Å². The Morgan fingerprint density at radius 2 is 1.97 bits per heavy atom. The molecular formula is C29H45NO7. The molecule has 0 radical (unpaired) electrons. The van der Waals surface area contributed by atoms with Crippen LogP contribution in [0.3, 0.4) is 0 Å². The number of aliphatic hydroxyl groups is 1. The SMILES string of the molecule is CCCCC[C@@H](O)CC[C@@H]1[C@H]2Cc3cccc(OCC(=O)OC)c3C[C@H]2C[C@H]1OC(=O)OCCN(C)C. The van der Waals surface area contributed by atoms with Crippen LogP contribution in [0.15, 0.2) is 18.2 Å². The molecule has 2 aliphatic carbocycles. The van der Waals surface area contributed by atoms with Crippen LogP contribution in [0.2, 0.25) is 0 Å². The van der Waals surface area contributed by atoms with Crippen molar-refractivity contribution in [2.75, 3.05) is 41.0 Å². The van der Waals surface area contributed by atoms with Crippen LogP contribution >= 0.6 is 0 Å². The van der Waals surface area contributed by atoms with Crippen LogP contribution < -0.4 is 4.74 Å². The maximum Gasteiger partial charge on any atom is 0.508 e. The Morgan fingerprint density at radius 3 is 2.70 bits per heavy atom. The number of nitrogens with zero attached hydrogens (tertiary/aromatic N) is 1. The molecule has 0 aliphatic heterocycles. The molecule has 8 heteroatoms. The number of benzene rings is 1. The van der Waals surface area contributed by atoms with Gasteiger partial charge in [0.1, 0.15) is 18.5 Å². The zero-order valence-corrected chi connectivity index (χ0v) is 22.9. The number of likely N-dealkylation sites (N-methyl/N-ethyl adjacent to an activating group) is 1. The van der Waals surface area contributed by atoms with Crippen molar-refractivity contribution < 1.29 is 33.6 Å². The fraction of sp³-hybridized carbons (Fsp3) is 0.724. The molecule has 2 aliphatic rings. The van der Waals surface area contributed by atoms with E-state index in [9.17, 15) is 14.7 Å². The summed E-state index contributed by atoms with van der Waals surface area (Å²) < 4.78 is 21.8. The Kier molecular flexibility index (Phi) is 11.5. The topological polar surface area (TPSA) is 94.5 Å². The molecule has 0 amide bonds. The Bertz CT molecular complexity index is 874. The first-order chi connectivity index (χ1) is 17.8. The summed E-state index contributed by atoms with van der Waals surface area (Å²) in [7, 11) is 5.21. The van der Waals surface area contributed by atoms with Crippen LogP contribution in [0.4, 0.5) is 4.79 Å². The van der Waals surface area contributed by atoms with Crippen molar-refractivity contribution in [3.63, 3.8) is 0 Å². The van der Waals surface area contributed by atoms with Gasteiger partial charge in [-0.2, -0.15) is 0 Å². The summed E-state index contributed by atoms with van der Waals surface area (Å²) in [6.45, 7) is 2.97. The monoisotopic (exact) mass is 519 g/mol. The van der Waals surface area contributed by atoms with E-state index in [4.69, 9.17) is 18.9 Å². The molecule has 0 unspecified atom stereocenters. The minimum atomic E-state index is -0.612. The number of unbranched alkanes of at least 4 members (excludes halogenated alkanes) is 2. The highest BCUT2D eigenvalue weighted by Crippen LogP contribution is 2.49. The van der Waals surface area contributed by atoms with Crippen LogP contribution in [0.1, 0.15) is 63.0 Å². The van der Waals surface area contributed by atoms with E-state index in [0.717, 1.165) is 62.7 Å². The Hall–Kier alpha value is -2.32. The second kappa shape index (κ2) is 14.6. The number of rotatable bonds is 14. The average Bonchev–Trinajstić information content (AvgIpc) is 3.19. The number of hydrogen-bond acceptors (Lipinski definition) is 8. The largest absolute Gasteiger partial charge is 0.508 e. The van der Waals surface area contributed by atoms with Gasteiger partial charge in [-0.05, 0) is 87.6 Å². The van der Waals surface area contributed by atoms with E-state index in [2.05, 4.69) is 13.0 Å². The van der Waals surface area contributed by atoms with Gasteiger partial charge in [-0.1, -0.05) is 38.3 Å². The summed E-state index contributed by atoms with van der Waals surface area (Å²) in [4.78, 5) is 26.1. The Morgan fingerprint density at radius 1 is 1.16 bits per heavy atom. The fourth-order valence-corrected chi connectivity index (χ4v) is 5.87. The summed E-state index contributed by atoms with van der Waals surface area (Å²) in [6.07, 6.45) is 6.90. The molecule has 0 heterocycles. The van der Waals surface area contributed by atoms with E-state index in [1.807, 2.05) is 31.1 Å². The van der Waals surface area contributed by atoms with Gasteiger partial charge in [-0.25, -0.2) is 9.59 Å². The highest BCUT2D eigenvalue weighted by Gasteiger charge is 2.47. The molecular weight excluding hydrogens is 474 g/mol. The van der Waals surface area contributed by atoms with E-state index in [1.165, 1.54) is 12.7 Å². The maximum atomic E-state index is 12.5. The zero-order valence-electron chi connectivity index (χ0n) is 22.9. The van der Waals surface area contributed by atoms with Gasteiger partial charge >= 0.3 is 12.1 Å². The standard InChI is InChI=1S/C29H45NO7/c1-5-6-7-10-22(31)12-13-23-24-16-20-9-8-11-26(36-19-28(32)34-4)25(20)17-21(24)18-27(23)37-29(33)35-15-14-30(2)3/h8-9,11,21-24,27,31H,5-7,10,12-19H2,1-4H3/t21-,22+,23+,24-,27+/m0/s1. The fourth-order valence-electron chi connectivity index (χ4n) is 5.87. The third-order valence-corrected chi connectivity index (χ3v) is 7.87. The van der Waals surface area contributed by atoms with Gasteiger partial charge in [0.05, 0.1) is 13.2 Å². The number of methoxy groups -OCH3 is 1. The van der Waals surface area contributed by atoms with Crippen LogP contribution in [0.5, 0.6) is 5.75 Å². The summed E-state index contributed by atoms with van der Waals surface area (Å²) in [5, 5.41) is 10.6. The number of aliphatic hydroxyl groups excluding tert-OH is 1. The van der Waals surface area contributed by atoms with E-state index < -0.39 is 12.1 Å². The molecule has 0 spiro atoms. The molecule has 1 saturated carbocycles. The first kappa shape index (κ1) is 29.2. The molecule has 0 saturated heterocycles. The minimum Gasteiger partial charge on any atom is -0.482 e. The Balaban J connectivity index is 1.70. The van der Waals surface area contributed by atoms with Crippen molar-refractivity contribution in [1.29, 1.82) is 0 Å². The van der Waals surface area contributed by atoms with Crippen molar-refractivity contribution >= 4 is 12.1 Å². The summed E-state index contributed by atoms with van der Waals surface area (Å²) in [5.74, 6) is 1.16. The van der Waals surface area contributed by atoms with Crippen molar-refractivity contribution in [1.82, 2.24) is 4.90 Å². The van der Waals surface area contributed by atoms with E-state index >= 15 is 0 Å². The van der Waals surface area contributed by atoms with Crippen LogP contribution in [0, 0.1) is 17.8 Å². The van der Waals surface area contributed by atoms with Crippen LogP contribution in [-0.2, 0) is 31.8 Å². The van der Waals surface area contributed by atoms with E-state index in [0.29, 0.717) is 31.4 Å². The van der Waals surface area contributed by atoms with Crippen molar-refractivity contribution in [2.45, 2.75) is 76.9 Å². The first-order valence-electron chi connectivity index (χ1n) is 13.8. The van der Waals surface area contributed by atoms with E-state index in [-0.39, 0.29) is 24.7 Å². The molecule has 1 fully saturated rings. The third kappa shape index (κ3) is 8.60. The van der Waals surface area contributed by atoms with Crippen molar-refractivity contribution in [3.05, 3.63) is 29.3 Å². The number of hydrogen-bond donors (Lipinski definition) is 1. The molecule has 0 aromatic heterocycles. The van der Waals surface area contributed by atoms with Gasteiger partial charge in [0.15, 0.2) is 6.61 Å². The summed E-state index contributed by atoms with van der Waals surface area (Å²) in [6, 6.07) is 5.98. The average molecular weight is 520 g/mol. The van der Waals surface area contributed by atoms with E-state index in [1.54, 1.807) is 0 Å². The van der Waals surface area contributed by atoms with Crippen molar-refractivity contribution in [2.24, 2.45) is 17.8 Å². The first-order valence-corrected chi connectivity index (χ1v) is 13.8. The van der Waals surface area contributed by atoms with Gasteiger partial charge in [0, 0.05) is 6.54 Å². The molecule has 208 valence electrons. The van der Waals surface area contributed by atoms with Crippen molar-refractivity contribution in [3.8, 4) is 5.75 Å².